The lowest BCUT2D eigenvalue weighted by atomic mass is 10.0. The highest BCUT2D eigenvalue weighted by molar-refractivity contribution is 7.10. The summed E-state index contributed by atoms with van der Waals surface area (Å²) in [4.78, 5) is 3.80. The van der Waals surface area contributed by atoms with E-state index in [4.69, 9.17) is 0 Å². The molecule has 106 valence electrons. The highest BCUT2D eigenvalue weighted by Crippen LogP contribution is 2.32. The fraction of sp³-hybridized carbons (Fsp3) is 0.412. The van der Waals surface area contributed by atoms with Gasteiger partial charge in [0.05, 0.1) is 6.61 Å². The van der Waals surface area contributed by atoms with Crippen LogP contribution < -0.4 is 0 Å². The van der Waals surface area contributed by atoms with Crippen LogP contribution >= 0.6 is 11.3 Å². The maximum absolute atomic E-state index is 9.62. The second-order valence-corrected chi connectivity index (χ2v) is 6.84. The average molecular weight is 287 g/mol. The first-order valence-corrected chi connectivity index (χ1v) is 8.08. The van der Waals surface area contributed by atoms with E-state index in [1.165, 1.54) is 22.4 Å². The molecule has 0 spiro atoms. The number of benzene rings is 1. The molecule has 1 aromatic carbocycles. The number of nitrogens with zero attached hydrogens (tertiary/aromatic N) is 1. The molecular weight excluding hydrogens is 266 g/mol. The van der Waals surface area contributed by atoms with Crippen LogP contribution in [0.2, 0.25) is 0 Å². The molecule has 1 saturated heterocycles. The van der Waals surface area contributed by atoms with Gasteiger partial charge in [0.2, 0.25) is 0 Å². The molecule has 0 bridgehead atoms. The fourth-order valence-corrected chi connectivity index (χ4v) is 3.87. The van der Waals surface area contributed by atoms with Gasteiger partial charge >= 0.3 is 0 Å². The van der Waals surface area contributed by atoms with Crippen LogP contribution in [-0.2, 0) is 6.54 Å². The summed E-state index contributed by atoms with van der Waals surface area (Å²) >= 11 is 1.82. The zero-order valence-electron chi connectivity index (χ0n) is 11.9. The van der Waals surface area contributed by atoms with Crippen LogP contribution in [0.4, 0.5) is 0 Å². The van der Waals surface area contributed by atoms with Gasteiger partial charge in [0.25, 0.3) is 0 Å². The van der Waals surface area contributed by atoms with Crippen LogP contribution in [0.15, 0.2) is 41.8 Å². The third-order valence-electron chi connectivity index (χ3n) is 4.36. The minimum atomic E-state index is -0.0309. The number of hydrogen-bond donors (Lipinski definition) is 1. The van der Waals surface area contributed by atoms with Crippen LogP contribution in [0, 0.1) is 0 Å². The molecule has 2 aromatic rings. The van der Waals surface area contributed by atoms with E-state index >= 15 is 0 Å². The number of hydrogen-bond acceptors (Lipinski definition) is 3. The van der Waals surface area contributed by atoms with Crippen molar-refractivity contribution in [3.63, 3.8) is 0 Å². The summed E-state index contributed by atoms with van der Waals surface area (Å²) in [7, 11) is 0. The number of rotatable bonds is 4. The predicted molar refractivity (Wildman–Crippen MR) is 84.9 cm³/mol. The normalized spacial score (nSPS) is 23.3. The van der Waals surface area contributed by atoms with Crippen LogP contribution in [0.5, 0.6) is 0 Å². The Kier molecular flexibility index (Phi) is 3.92. The molecule has 0 amide bonds. The Morgan fingerprint density at radius 2 is 2.05 bits per heavy atom. The molecule has 1 aromatic heterocycles. The van der Waals surface area contributed by atoms with Crippen LogP contribution in [0.1, 0.15) is 24.6 Å². The predicted octanol–water partition coefficient (Wildman–Crippen LogP) is 3.76. The SMILES string of the molecule is CC1(CO)CCCN1Cc1cc(-c2ccccc2)cs1. The Labute approximate surface area is 124 Å². The van der Waals surface area contributed by atoms with E-state index in [0.29, 0.717) is 0 Å². The van der Waals surface area contributed by atoms with Crippen molar-refractivity contribution in [1.29, 1.82) is 0 Å². The summed E-state index contributed by atoms with van der Waals surface area (Å²) in [6, 6.07) is 12.8. The number of likely N-dealkylation sites (tertiary alicyclic amines) is 1. The molecule has 0 saturated carbocycles. The molecule has 1 aliphatic rings. The summed E-state index contributed by atoms with van der Waals surface area (Å²) in [5, 5.41) is 11.9. The molecule has 2 nitrogen and oxygen atoms in total. The summed E-state index contributed by atoms with van der Waals surface area (Å²) in [6.45, 7) is 4.47. The topological polar surface area (TPSA) is 23.5 Å². The van der Waals surface area contributed by atoms with Crippen LogP contribution in [-0.4, -0.2) is 28.7 Å². The monoisotopic (exact) mass is 287 g/mol. The van der Waals surface area contributed by atoms with Crippen molar-refractivity contribution in [2.75, 3.05) is 13.2 Å². The van der Waals surface area contributed by atoms with Gasteiger partial charge in [-0.05, 0) is 48.9 Å². The Bertz CT molecular complexity index is 565. The molecule has 20 heavy (non-hydrogen) atoms. The van der Waals surface area contributed by atoms with Gasteiger partial charge in [-0.3, -0.25) is 4.90 Å². The van der Waals surface area contributed by atoms with E-state index < -0.39 is 0 Å². The van der Waals surface area contributed by atoms with Crippen molar-refractivity contribution in [1.82, 2.24) is 4.90 Å². The highest BCUT2D eigenvalue weighted by atomic mass is 32.1. The van der Waals surface area contributed by atoms with Gasteiger partial charge in [-0.25, -0.2) is 0 Å². The minimum absolute atomic E-state index is 0.0309. The van der Waals surface area contributed by atoms with Crippen molar-refractivity contribution in [3.05, 3.63) is 46.7 Å². The van der Waals surface area contributed by atoms with E-state index in [9.17, 15) is 5.11 Å². The first-order valence-electron chi connectivity index (χ1n) is 7.20. The molecule has 0 aliphatic carbocycles. The van der Waals surface area contributed by atoms with E-state index in [1.54, 1.807) is 0 Å². The fourth-order valence-electron chi connectivity index (χ4n) is 2.96. The molecule has 1 N–H and O–H groups in total. The maximum atomic E-state index is 9.62. The van der Waals surface area contributed by atoms with Crippen LogP contribution in [0.3, 0.4) is 0 Å². The third kappa shape index (κ3) is 2.66. The zero-order chi connectivity index (χ0) is 14.0. The highest BCUT2D eigenvalue weighted by Gasteiger charge is 2.35. The lowest BCUT2D eigenvalue weighted by molar-refractivity contribution is 0.0742. The molecule has 2 heterocycles. The summed E-state index contributed by atoms with van der Waals surface area (Å²) in [6.07, 6.45) is 2.29. The Morgan fingerprint density at radius 1 is 1.25 bits per heavy atom. The molecule has 3 heteroatoms. The molecule has 3 rings (SSSR count). The molecule has 1 atom stereocenters. The van der Waals surface area contributed by atoms with Gasteiger partial charge in [-0.15, -0.1) is 11.3 Å². The summed E-state index contributed by atoms with van der Waals surface area (Å²) in [5.41, 5.74) is 2.55. The minimum Gasteiger partial charge on any atom is -0.394 e. The van der Waals surface area contributed by atoms with Gasteiger partial charge < -0.3 is 5.11 Å². The van der Waals surface area contributed by atoms with E-state index in [-0.39, 0.29) is 12.1 Å². The lowest BCUT2D eigenvalue weighted by Gasteiger charge is -2.33. The van der Waals surface area contributed by atoms with Gasteiger partial charge in [0, 0.05) is 17.0 Å². The Balaban J connectivity index is 1.75. The smallest absolute Gasteiger partial charge is 0.0612 e. The average Bonchev–Trinajstić information content (AvgIpc) is 3.09. The van der Waals surface area contributed by atoms with Crippen molar-refractivity contribution in [3.8, 4) is 11.1 Å². The quantitative estimate of drug-likeness (QED) is 0.925. The van der Waals surface area contributed by atoms with Gasteiger partial charge in [-0.2, -0.15) is 0 Å². The first kappa shape index (κ1) is 13.8. The van der Waals surface area contributed by atoms with Crippen molar-refractivity contribution < 1.29 is 5.11 Å². The molecule has 1 fully saturated rings. The number of aliphatic hydroxyl groups excluding tert-OH is 1. The van der Waals surface area contributed by atoms with E-state index in [1.807, 2.05) is 17.4 Å². The Morgan fingerprint density at radius 3 is 2.80 bits per heavy atom. The van der Waals surface area contributed by atoms with E-state index in [0.717, 1.165) is 19.5 Å². The largest absolute Gasteiger partial charge is 0.394 e. The first-order chi connectivity index (χ1) is 9.71. The second-order valence-electron chi connectivity index (χ2n) is 5.85. The van der Waals surface area contributed by atoms with Crippen LogP contribution in [0.25, 0.3) is 11.1 Å². The van der Waals surface area contributed by atoms with Crippen molar-refractivity contribution in [2.24, 2.45) is 0 Å². The summed E-state index contributed by atoms with van der Waals surface area (Å²) in [5.74, 6) is 0. The van der Waals surface area contributed by atoms with Gasteiger partial charge in [-0.1, -0.05) is 30.3 Å². The Hall–Kier alpha value is -1.16. The maximum Gasteiger partial charge on any atom is 0.0612 e. The van der Waals surface area contributed by atoms with Gasteiger partial charge in [0.1, 0.15) is 0 Å². The molecule has 1 aliphatic heterocycles. The number of aliphatic hydroxyl groups is 1. The lowest BCUT2D eigenvalue weighted by Crippen LogP contribution is -2.43. The number of thiophene rings is 1. The van der Waals surface area contributed by atoms with Crippen molar-refractivity contribution in [2.45, 2.75) is 31.8 Å². The molecular formula is C17H21NOS. The molecule has 1 unspecified atom stereocenters. The van der Waals surface area contributed by atoms with Crippen molar-refractivity contribution >= 4 is 11.3 Å². The molecule has 0 radical (unpaired) electrons. The zero-order valence-corrected chi connectivity index (χ0v) is 12.7. The summed E-state index contributed by atoms with van der Waals surface area (Å²) < 4.78 is 0. The van der Waals surface area contributed by atoms with Gasteiger partial charge in [0.15, 0.2) is 0 Å². The standard InChI is InChI=1S/C17H21NOS/c1-17(13-19)8-5-9-18(17)11-16-10-15(12-20-16)14-6-3-2-4-7-14/h2-4,6-7,10,12,19H,5,8-9,11,13H2,1H3. The third-order valence-corrected chi connectivity index (χ3v) is 5.28. The second kappa shape index (κ2) is 5.68. The van der Waals surface area contributed by atoms with E-state index in [2.05, 4.69) is 47.5 Å².